The predicted molar refractivity (Wildman–Crippen MR) is 113 cm³/mol. The van der Waals surface area contributed by atoms with E-state index in [1.54, 1.807) is 13.0 Å². The number of nitriles is 1. The number of nitrogens with one attached hydrogen (secondary N) is 1. The third-order valence-electron chi connectivity index (χ3n) is 6.60. The lowest BCUT2D eigenvalue weighted by Gasteiger charge is -2.56. The number of hydrogen-bond acceptors (Lipinski definition) is 5. The Kier molecular flexibility index (Phi) is 5.32. The predicted octanol–water partition coefficient (Wildman–Crippen LogP) is 3.93. The number of fused-ring (bicyclic) bond motifs is 2. The van der Waals surface area contributed by atoms with E-state index >= 15 is 0 Å². The van der Waals surface area contributed by atoms with Crippen molar-refractivity contribution in [3.63, 3.8) is 0 Å². The fourth-order valence-corrected chi connectivity index (χ4v) is 6.98. The van der Waals surface area contributed by atoms with E-state index in [4.69, 9.17) is 16.9 Å². The highest BCUT2D eigenvalue weighted by Crippen LogP contribution is 2.55. The number of benzene rings is 2. The summed E-state index contributed by atoms with van der Waals surface area (Å²) in [6, 6.07) is 9.30. The van der Waals surface area contributed by atoms with Crippen molar-refractivity contribution in [2.75, 3.05) is 5.32 Å². The summed E-state index contributed by atoms with van der Waals surface area (Å²) in [5, 5.41) is 21.0. The Morgan fingerprint density at radius 1 is 1.23 bits per heavy atom. The van der Waals surface area contributed by atoms with Gasteiger partial charge in [-0.2, -0.15) is 5.26 Å². The SMILES string of the molecule is CC1(O)C2CC1CC(S(=O)(=O)c1cc(C(=O)Nc3ccc(C#N)c(F)c3)ccc1Cl)C2. The van der Waals surface area contributed by atoms with Gasteiger partial charge in [0.15, 0.2) is 9.84 Å². The molecule has 2 aromatic rings. The summed E-state index contributed by atoms with van der Waals surface area (Å²) < 4.78 is 40.3. The Hall–Kier alpha value is -2.47. The van der Waals surface area contributed by atoms with Crippen molar-refractivity contribution in [2.24, 2.45) is 11.8 Å². The molecule has 162 valence electrons. The summed E-state index contributed by atoms with van der Waals surface area (Å²) in [6.07, 6.45) is 1.52. The molecule has 2 bridgehead atoms. The first-order valence-electron chi connectivity index (χ1n) is 9.81. The molecule has 3 aliphatic rings. The number of rotatable bonds is 4. The first-order valence-corrected chi connectivity index (χ1v) is 11.7. The zero-order valence-corrected chi connectivity index (χ0v) is 18.2. The molecule has 6 nitrogen and oxygen atoms in total. The molecule has 5 rings (SSSR count). The molecule has 0 radical (unpaired) electrons. The van der Waals surface area contributed by atoms with Gasteiger partial charge in [-0.15, -0.1) is 0 Å². The number of nitrogens with zero attached hydrogens (tertiary/aromatic N) is 1. The molecular formula is C22H20ClFN2O4S. The van der Waals surface area contributed by atoms with Crippen LogP contribution in [0, 0.1) is 29.0 Å². The Morgan fingerprint density at radius 3 is 2.48 bits per heavy atom. The van der Waals surface area contributed by atoms with E-state index in [1.807, 2.05) is 0 Å². The maximum atomic E-state index is 13.8. The number of hydrogen-bond donors (Lipinski definition) is 2. The number of halogens is 2. The van der Waals surface area contributed by atoms with Crippen molar-refractivity contribution in [1.82, 2.24) is 0 Å². The van der Waals surface area contributed by atoms with E-state index < -0.39 is 32.4 Å². The first kappa shape index (κ1) is 21.8. The maximum absolute atomic E-state index is 13.8. The fraction of sp³-hybridized carbons (Fsp3) is 0.364. The van der Waals surface area contributed by atoms with E-state index in [0.717, 1.165) is 12.5 Å². The molecule has 0 aromatic heterocycles. The highest BCUT2D eigenvalue weighted by atomic mass is 35.5. The Labute approximate surface area is 184 Å². The topological polar surface area (TPSA) is 107 Å². The smallest absolute Gasteiger partial charge is 0.255 e. The lowest BCUT2D eigenvalue weighted by atomic mass is 9.54. The van der Waals surface area contributed by atoms with Gasteiger partial charge in [-0.05, 0) is 74.4 Å². The average molecular weight is 463 g/mol. The first-order chi connectivity index (χ1) is 14.5. The van der Waals surface area contributed by atoms with Crippen LogP contribution in [0.15, 0.2) is 41.3 Å². The van der Waals surface area contributed by atoms with Crippen LogP contribution >= 0.6 is 11.6 Å². The lowest BCUT2D eigenvalue weighted by Crippen LogP contribution is -2.60. The lowest BCUT2D eigenvalue weighted by molar-refractivity contribution is -0.162. The Bertz CT molecular complexity index is 1210. The van der Waals surface area contributed by atoms with Gasteiger partial charge < -0.3 is 10.4 Å². The van der Waals surface area contributed by atoms with E-state index in [0.29, 0.717) is 12.8 Å². The van der Waals surface area contributed by atoms with Gasteiger partial charge in [-0.25, -0.2) is 12.8 Å². The molecule has 9 heteroatoms. The Balaban J connectivity index is 1.58. The van der Waals surface area contributed by atoms with Gasteiger partial charge >= 0.3 is 0 Å². The van der Waals surface area contributed by atoms with E-state index in [9.17, 15) is 22.7 Å². The third kappa shape index (κ3) is 3.71. The molecular weight excluding hydrogens is 443 g/mol. The van der Waals surface area contributed by atoms with Crippen molar-refractivity contribution >= 4 is 33.0 Å². The van der Waals surface area contributed by atoms with Gasteiger partial charge in [0.2, 0.25) is 0 Å². The van der Waals surface area contributed by atoms with E-state index in [2.05, 4.69) is 5.32 Å². The minimum atomic E-state index is -3.81. The van der Waals surface area contributed by atoms with Crippen LogP contribution in [0.3, 0.4) is 0 Å². The van der Waals surface area contributed by atoms with Crippen LogP contribution in [-0.4, -0.2) is 30.3 Å². The van der Waals surface area contributed by atoms with Crippen molar-refractivity contribution < 1.29 is 22.7 Å². The normalized spacial score (nSPS) is 27.1. The van der Waals surface area contributed by atoms with Gasteiger partial charge in [0.05, 0.1) is 26.3 Å². The molecule has 2 unspecified atom stereocenters. The molecule has 0 heterocycles. The van der Waals surface area contributed by atoms with Crippen molar-refractivity contribution in [3.8, 4) is 6.07 Å². The van der Waals surface area contributed by atoms with Gasteiger partial charge in [-0.1, -0.05) is 11.6 Å². The minimum absolute atomic E-state index is 0.0203. The number of carbonyl (C=O) groups is 1. The second kappa shape index (κ2) is 7.59. The number of carbonyl (C=O) groups excluding carboxylic acids is 1. The average Bonchev–Trinajstić information content (AvgIpc) is 2.74. The van der Waals surface area contributed by atoms with Crippen LogP contribution < -0.4 is 5.32 Å². The molecule has 2 N–H and O–H groups in total. The summed E-state index contributed by atoms with van der Waals surface area (Å²) in [4.78, 5) is 12.5. The van der Waals surface area contributed by atoms with Crippen LogP contribution in [0.5, 0.6) is 0 Å². The van der Waals surface area contributed by atoms with Crippen LogP contribution in [0.25, 0.3) is 0 Å². The molecule has 3 saturated carbocycles. The summed E-state index contributed by atoms with van der Waals surface area (Å²) in [5.74, 6) is -1.54. The Morgan fingerprint density at radius 2 is 1.90 bits per heavy atom. The molecule has 1 amide bonds. The fourth-order valence-electron chi connectivity index (χ4n) is 4.58. The molecule has 2 atom stereocenters. The second-order valence-electron chi connectivity index (χ2n) is 8.40. The van der Waals surface area contributed by atoms with Crippen molar-refractivity contribution in [2.45, 2.75) is 41.9 Å². The number of anilines is 1. The standard InChI is InChI=1S/C22H20ClFN2O4S/c1-22(28)14-7-15(22)9-17(8-14)31(29,30)20-6-12(3-5-18(20)23)21(27)26-16-4-2-13(11-25)19(24)10-16/h2-6,10,14-15,17,28H,7-9H2,1H3,(H,26,27). The molecule has 0 saturated heterocycles. The molecule has 3 fully saturated rings. The van der Waals surface area contributed by atoms with Crippen molar-refractivity contribution in [3.05, 3.63) is 58.4 Å². The zero-order valence-electron chi connectivity index (χ0n) is 16.6. The highest BCUT2D eigenvalue weighted by molar-refractivity contribution is 7.92. The number of aliphatic hydroxyl groups is 1. The van der Waals surface area contributed by atoms with Gasteiger partial charge in [0.25, 0.3) is 5.91 Å². The number of amides is 1. The zero-order chi connectivity index (χ0) is 22.6. The van der Waals surface area contributed by atoms with Crippen LogP contribution in [-0.2, 0) is 9.84 Å². The summed E-state index contributed by atoms with van der Waals surface area (Å²) >= 11 is 6.18. The molecule has 2 aromatic carbocycles. The largest absolute Gasteiger partial charge is 0.390 e. The molecule has 0 spiro atoms. The highest BCUT2D eigenvalue weighted by Gasteiger charge is 2.57. The second-order valence-corrected chi connectivity index (χ2v) is 11.0. The molecule has 3 aliphatic carbocycles. The van der Waals surface area contributed by atoms with Gasteiger partial charge in [-0.3, -0.25) is 4.79 Å². The van der Waals surface area contributed by atoms with E-state index in [1.165, 1.54) is 30.3 Å². The van der Waals surface area contributed by atoms with E-state index in [-0.39, 0.29) is 38.6 Å². The van der Waals surface area contributed by atoms with Gasteiger partial charge in [0.1, 0.15) is 11.9 Å². The maximum Gasteiger partial charge on any atom is 0.255 e. The summed E-state index contributed by atoms with van der Waals surface area (Å²) in [7, 11) is -3.81. The monoisotopic (exact) mass is 462 g/mol. The van der Waals surface area contributed by atoms with Crippen LogP contribution in [0.1, 0.15) is 42.1 Å². The third-order valence-corrected chi connectivity index (χ3v) is 9.26. The van der Waals surface area contributed by atoms with Crippen molar-refractivity contribution in [1.29, 1.82) is 5.26 Å². The minimum Gasteiger partial charge on any atom is -0.390 e. The number of sulfone groups is 1. The van der Waals surface area contributed by atoms with Crippen LogP contribution in [0.2, 0.25) is 5.02 Å². The molecule has 0 aliphatic heterocycles. The quantitative estimate of drug-likeness (QED) is 0.715. The summed E-state index contributed by atoms with van der Waals surface area (Å²) in [5.41, 5.74) is -0.785. The summed E-state index contributed by atoms with van der Waals surface area (Å²) in [6.45, 7) is 1.75. The van der Waals surface area contributed by atoms with Crippen LogP contribution in [0.4, 0.5) is 10.1 Å². The van der Waals surface area contributed by atoms with Gasteiger partial charge in [0, 0.05) is 11.3 Å². The molecule has 31 heavy (non-hydrogen) atoms.